The van der Waals surface area contributed by atoms with Crippen molar-refractivity contribution in [2.45, 2.75) is 50.2 Å². The van der Waals surface area contributed by atoms with Crippen molar-refractivity contribution in [1.29, 1.82) is 0 Å². The fraction of sp³-hybridized carbons (Fsp3) is 0.500. The van der Waals surface area contributed by atoms with Crippen molar-refractivity contribution in [2.75, 3.05) is 26.4 Å². The number of benzene rings is 1. The molecule has 3 rings (SSSR count). The maximum absolute atomic E-state index is 13.0. The normalized spacial score (nSPS) is 13.3. The van der Waals surface area contributed by atoms with E-state index >= 15 is 0 Å². The number of hydrogen-bond donors (Lipinski definition) is 1. The average molecular weight is 433 g/mol. The minimum absolute atomic E-state index is 0.133. The first-order chi connectivity index (χ1) is 14.4. The van der Waals surface area contributed by atoms with Gasteiger partial charge < -0.3 is 10.2 Å². The molecule has 1 aromatic carbocycles. The molecule has 1 amide bonds. The number of nitrogens with zero attached hydrogens (tertiary/aromatic N) is 3. The first-order valence-corrected chi connectivity index (χ1v) is 11.3. The zero-order valence-electron chi connectivity index (χ0n) is 17.6. The van der Waals surface area contributed by atoms with Crippen LogP contribution in [0.5, 0.6) is 0 Å². The molecule has 8 heteroatoms. The maximum Gasteiger partial charge on any atom is 0.348 e. The molecule has 0 saturated heterocycles. The van der Waals surface area contributed by atoms with Gasteiger partial charge in [-0.3, -0.25) is 9.36 Å². The molecule has 1 N–H and O–H groups in total. The van der Waals surface area contributed by atoms with E-state index in [0.717, 1.165) is 55.5 Å². The minimum Gasteiger partial charge on any atom is -0.351 e. The van der Waals surface area contributed by atoms with Crippen molar-refractivity contribution in [3.05, 3.63) is 57.4 Å². The highest BCUT2D eigenvalue weighted by atomic mass is 32.2. The van der Waals surface area contributed by atoms with Crippen LogP contribution in [-0.4, -0.2) is 46.8 Å². The Morgan fingerprint density at radius 1 is 1.23 bits per heavy atom. The van der Waals surface area contributed by atoms with Crippen LogP contribution in [0, 0.1) is 5.82 Å². The molecule has 1 aliphatic rings. The summed E-state index contributed by atoms with van der Waals surface area (Å²) in [5.41, 5.74) is 2.84. The first kappa shape index (κ1) is 22.5. The smallest absolute Gasteiger partial charge is 0.348 e. The van der Waals surface area contributed by atoms with Crippen molar-refractivity contribution in [2.24, 2.45) is 0 Å². The molecule has 1 aliphatic carbocycles. The number of carbonyl (C=O) groups is 1. The summed E-state index contributed by atoms with van der Waals surface area (Å²) in [6, 6.07) is 6.05. The van der Waals surface area contributed by atoms with Gasteiger partial charge in [0, 0.05) is 24.3 Å². The quantitative estimate of drug-likeness (QED) is 0.487. The standard InChI is InChI=1S/C22H29FN4O2S/c1-26(2)12-5-13-27-19-7-4-3-6-18(19)21(25-22(27)29)30-15-20(28)24-14-16-8-10-17(23)11-9-16/h8-11H,3-7,12-15H2,1-2H3,(H,24,28). The van der Waals surface area contributed by atoms with Crippen molar-refractivity contribution < 1.29 is 9.18 Å². The van der Waals surface area contributed by atoms with Crippen molar-refractivity contribution >= 4 is 17.7 Å². The lowest BCUT2D eigenvalue weighted by molar-refractivity contribution is -0.118. The van der Waals surface area contributed by atoms with Crippen LogP contribution in [0.3, 0.4) is 0 Å². The lowest BCUT2D eigenvalue weighted by atomic mass is 9.97. The number of rotatable bonds is 9. The van der Waals surface area contributed by atoms with E-state index in [1.807, 2.05) is 18.7 Å². The average Bonchev–Trinajstić information content (AvgIpc) is 2.73. The summed E-state index contributed by atoms with van der Waals surface area (Å²) >= 11 is 1.33. The molecule has 6 nitrogen and oxygen atoms in total. The summed E-state index contributed by atoms with van der Waals surface area (Å²) in [5.74, 6) is -0.233. The van der Waals surface area contributed by atoms with Gasteiger partial charge in [0.2, 0.25) is 5.91 Å². The molecule has 30 heavy (non-hydrogen) atoms. The van der Waals surface area contributed by atoms with E-state index < -0.39 is 0 Å². The van der Waals surface area contributed by atoms with Crippen LogP contribution in [0.25, 0.3) is 0 Å². The largest absolute Gasteiger partial charge is 0.351 e. The number of aromatic nitrogens is 2. The monoisotopic (exact) mass is 432 g/mol. The number of fused-ring (bicyclic) bond motifs is 1. The molecule has 2 aromatic rings. The minimum atomic E-state index is -0.298. The Labute approximate surface area is 180 Å². The fourth-order valence-corrected chi connectivity index (χ4v) is 4.54. The molecule has 0 radical (unpaired) electrons. The van der Waals surface area contributed by atoms with Gasteiger partial charge in [-0.1, -0.05) is 23.9 Å². The van der Waals surface area contributed by atoms with Gasteiger partial charge in [-0.2, -0.15) is 4.98 Å². The molecule has 0 saturated carbocycles. The predicted octanol–water partition coefficient (Wildman–Crippen LogP) is 2.62. The van der Waals surface area contributed by atoms with E-state index in [1.165, 1.54) is 23.9 Å². The Morgan fingerprint density at radius 3 is 2.70 bits per heavy atom. The second-order valence-corrected chi connectivity index (χ2v) is 8.80. The van der Waals surface area contributed by atoms with Gasteiger partial charge in [-0.25, -0.2) is 9.18 Å². The highest BCUT2D eigenvalue weighted by molar-refractivity contribution is 7.99. The fourth-order valence-electron chi connectivity index (χ4n) is 3.63. The molecular formula is C22H29FN4O2S. The zero-order chi connectivity index (χ0) is 21.5. The molecular weight excluding hydrogens is 403 g/mol. The Kier molecular flexibility index (Phi) is 8.04. The van der Waals surface area contributed by atoms with E-state index in [9.17, 15) is 14.0 Å². The van der Waals surface area contributed by atoms with Crippen LogP contribution in [-0.2, 0) is 30.7 Å². The summed E-state index contributed by atoms with van der Waals surface area (Å²) in [7, 11) is 4.05. The Morgan fingerprint density at radius 2 is 1.97 bits per heavy atom. The van der Waals surface area contributed by atoms with Crippen molar-refractivity contribution in [3.63, 3.8) is 0 Å². The third kappa shape index (κ3) is 6.15. The molecule has 1 aromatic heterocycles. The number of halogens is 1. The predicted molar refractivity (Wildman–Crippen MR) is 117 cm³/mol. The summed E-state index contributed by atoms with van der Waals surface area (Å²) in [6.45, 7) is 1.94. The van der Waals surface area contributed by atoms with Gasteiger partial charge in [-0.15, -0.1) is 0 Å². The van der Waals surface area contributed by atoms with Crippen LogP contribution >= 0.6 is 11.8 Å². The van der Waals surface area contributed by atoms with E-state index in [4.69, 9.17) is 0 Å². The molecule has 162 valence electrons. The molecule has 0 spiro atoms. The third-order valence-corrected chi connectivity index (χ3v) is 6.20. The number of carbonyl (C=O) groups excluding carboxylic acids is 1. The van der Waals surface area contributed by atoms with Gasteiger partial charge in [0.05, 0.1) is 5.75 Å². The third-order valence-electron chi connectivity index (χ3n) is 5.18. The van der Waals surface area contributed by atoms with Crippen LogP contribution in [0.1, 0.15) is 36.1 Å². The van der Waals surface area contributed by atoms with E-state index in [0.29, 0.717) is 18.1 Å². The van der Waals surface area contributed by atoms with Gasteiger partial charge >= 0.3 is 5.69 Å². The van der Waals surface area contributed by atoms with E-state index in [1.54, 1.807) is 12.1 Å². The molecule has 0 bridgehead atoms. The number of hydrogen-bond acceptors (Lipinski definition) is 5. The lowest BCUT2D eigenvalue weighted by Crippen LogP contribution is -2.31. The highest BCUT2D eigenvalue weighted by Gasteiger charge is 2.21. The van der Waals surface area contributed by atoms with Gasteiger partial charge in [-0.05, 0) is 70.4 Å². The van der Waals surface area contributed by atoms with Crippen molar-refractivity contribution in [1.82, 2.24) is 19.8 Å². The van der Waals surface area contributed by atoms with Crippen LogP contribution in [0.2, 0.25) is 0 Å². The van der Waals surface area contributed by atoms with E-state index in [2.05, 4.69) is 15.2 Å². The van der Waals surface area contributed by atoms with Crippen LogP contribution in [0.15, 0.2) is 34.1 Å². The molecule has 0 fully saturated rings. The summed E-state index contributed by atoms with van der Waals surface area (Å²) < 4.78 is 14.8. The SMILES string of the molecule is CN(C)CCCn1c2c(c(SCC(=O)NCc3ccc(F)cc3)nc1=O)CCCC2. The molecule has 0 aliphatic heterocycles. The summed E-state index contributed by atoms with van der Waals surface area (Å²) in [6.07, 6.45) is 4.84. The molecule has 0 unspecified atom stereocenters. The van der Waals surface area contributed by atoms with Gasteiger partial charge in [0.25, 0.3) is 0 Å². The van der Waals surface area contributed by atoms with Crippen LogP contribution < -0.4 is 11.0 Å². The van der Waals surface area contributed by atoms with Crippen molar-refractivity contribution in [3.8, 4) is 0 Å². The van der Waals surface area contributed by atoms with Gasteiger partial charge in [0.1, 0.15) is 10.8 Å². The Bertz CT molecular complexity index is 928. The molecule has 1 heterocycles. The second kappa shape index (κ2) is 10.7. The molecule has 0 atom stereocenters. The van der Waals surface area contributed by atoms with E-state index in [-0.39, 0.29) is 23.2 Å². The number of thioether (sulfide) groups is 1. The highest BCUT2D eigenvalue weighted by Crippen LogP contribution is 2.28. The summed E-state index contributed by atoms with van der Waals surface area (Å²) in [4.78, 5) is 31.4. The second-order valence-electron chi connectivity index (χ2n) is 7.83. The number of nitrogens with one attached hydrogen (secondary N) is 1. The summed E-state index contributed by atoms with van der Waals surface area (Å²) in [5, 5.41) is 3.53. The van der Waals surface area contributed by atoms with Crippen LogP contribution in [0.4, 0.5) is 4.39 Å². The Hall–Kier alpha value is -2.19. The zero-order valence-corrected chi connectivity index (χ0v) is 18.4. The number of amides is 1. The topological polar surface area (TPSA) is 67.2 Å². The van der Waals surface area contributed by atoms with Gasteiger partial charge in [0.15, 0.2) is 0 Å². The Balaban J connectivity index is 1.64. The first-order valence-electron chi connectivity index (χ1n) is 10.4. The maximum atomic E-state index is 13.0. The lowest BCUT2D eigenvalue weighted by Gasteiger charge is -2.23.